The van der Waals surface area contributed by atoms with Crippen LogP contribution in [0.15, 0.2) is 30.3 Å². The summed E-state index contributed by atoms with van der Waals surface area (Å²) >= 11 is 0. The second kappa shape index (κ2) is 4.84. The van der Waals surface area contributed by atoms with Crippen LogP contribution in [0.3, 0.4) is 0 Å². The SMILES string of the molecule is Nc1ccc([N+](=O)[O-])c(Nc2ccc(F)cc2F)n1. The van der Waals surface area contributed by atoms with Crippen molar-refractivity contribution >= 4 is 23.0 Å². The number of nitrogens with two attached hydrogens (primary N) is 1. The first-order chi connectivity index (χ1) is 8.97. The van der Waals surface area contributed by atoms with Crippen LogP contribution in [0.4, 0.5) is 31.8 Å². The Kier molecular flexibility index (Phi) is 3.23. The van der Waals surface area contributed by atoms with E-state index in [1.54, 1.807) is 0 Å². The molecule has 0 amide bonds. The predicted molar refractivity (Wildman–Crippen MR) is 64.9 cm³/mol. The molecule has 0 bridgehead atoms. The second-order valence-corrected chi connectivity index (χ2v) is 3.61. The molecule has 19 heavy (non-hydrogen) atoms. The molecule has 0 unspecified atom stereocenters. The van der Waals surface area contributed by atoms with Crippen LogP contribution in [0.25, 0.3) is 0 Å². The Bertz CT molecular complexity index is 649. The maximum absolute atomic E-state index is 13.4. The number of nitrogens with one attached hydrogen (secondary N) is 1. The largest absolute Gasteiger partial charge is 0.384 e. The third-order valence-electron chi connectivity index (χ3n) is 2.28. The number of nitrogens with zero attached hydrogens (tertiary/aromatic N) is 2. The molecule has 6 nitrogen and oxygen atoms in total. The third-order valence-corrected chi connectivity index (χ3v) is 2.28. The maximum atomic E-state index is 13.4. The van der Waals surface area contributed by atoms with Gasteiger partial charge in [-0.1, -0.05) is 0 Å². The summed E-state index contributed by atoms with van der Waals surface area (Å²) in [7, 11) is 0. The molecular formula is C11H8F2N4O2. The van der Waals surface area contributed by atoms with E-state index in [1.807, 2.05) is 0 Å². The van der Waals surface area contributed by atoms with E-state index in [1.165, 1.54) is 6.07 Å². The van der Waals surface area contributed by atoms with Gasteiger partial charge >= 0.3 is 5.69 Å². The standard InChI is InChI=1S/C11H8F2N4O2/c12-6-1-2-8(7(13)5-6)15-11-9(17(18)19)3-4-10(14)16-11/h1-5H,(H3,14,15,16). The zero-order valence-electron chi connectivity index (χ0n) is 9.43. The topological polar surface area (TPSA) is 94.1 Å². The minimum atomic E-state index is -0.890. The van der Waals surface area contributed by atoms with Crippen LogP contribution in [0.2, 0.25) is 0 Å². The molecule has 98 valence electrons. The summed E-state index contributed by atoms with van der Waals surface area (Å²) in [5.74, 6) is -1.82. The summed E-state index contributed by atoms with van der Waals surface area (Å²) in [4.78, 5) is 13.8. The van der Waals surface area contributed by atoms with Crippen LogP contribution in [0.1, 0.15) is 0 Å². The van der Waals surface area contributed by atoms with Crippen molar-refractivity contribution in [3.8, 4) is 0 Å². The zero-order valence-corrected chi connectivity index (χ0v) is 9.43. The Morgan fingerprint density at radius 1 is 1.26 bits per heavy atom. The minimum absolute atomic E-state index is 0.0376. The van der Waals surface area contributed by atoms with Crippen LogP contribution in [-0.4, -0.2) is 9.91 Å². The summed E-state index contributed by atoms with van der Waals surface area (Å²) in [6.07, 6.45) is 0. The summed E-state index contributed by atoms with van der Waals surface area (Å²) in [5, 5.41) is 13.2. The van der Waals surface area contributed by atoms with Gasteiger partial charge in [0.25, 0.3) is 0 Å². The number of benzene rings is 1. The van der Waals surface area contributed by atoms with Gasteiger partial charge in [0.05, 0.1) is 10.6 Å². The molecule has 3 N–H and O–H groups in total. The van der Waals surface area contributed by atoms with E-state index in [-0.39, 0.29) is 23.0 Å². The fourth-order valence-corrected chi connectivity index (χ4v) is 1.42. The number of halogens is 2. The third kappa shape index (κ3) is 2.73. The van der Waals surface area contributed by atoms with Crippen LogP contribution in [0, 0.1) is 21.7 Å². The van der Waals surface area contributed by atoms with Crippen LogP contribution >= 0.6 is 0 Å². The van der Waals surface area contributed by atoms with Crippen molar-refractivity contribution in [2.75, 3.05) is 11.1 Å². The molecule has 2 rings (SSSR count). The molecule has 0 fully saturated rings. The first-order valence-electron chi connectivity index (χ1n) is 5.10. The molecule has 1 aromatic heterocycles. The molecule has 0 aliphatic rings. The highest BCUT2D eigenvalue weighted by atomic mass is 19.1. The summed E-state index contributed by atoms with van der Waals surface area (Å²) in [6.45, 7) is 0. The lowest BCUT2D eigenvalue weighted by molar-refractivity contribution is -0.384. The van der Waals surface area contributed by atoms with Crippen molar-refractivity contribution in [2.24, 2.45) is 0 Å². The van der Waals surface area contributed by atoms with E-state index < -0.39 is 16.6 Å². The van der Waals surface area contributed by atoms with Gasteiger partial charge in [-0.25, -0.2) is 13.8 Å². The fraction of sp³-hybridized carbons (Fsp3) is 0. The molecular weight excluding hydrogens is 258 g/mol. The summed E-state index contributed by atoms with van der Waals surface area (Å²) in [5.41, 5.74) is 4.92. The highest BCUT2D eigenvalue weighted by Crippen LogP contribution is 2.27. The van der Waals surface area contributed by atoms with E-state index in [2.05, 4.69) is 10.3 Å². The number of pyridine rings is 1. The molecule has 0 radical (unpaired) electrons. The van der Waals surface area contributed by atoms with Crippen molar-refractivity contribution < 1.29 is 13.7 Å². The maximum Gasteiger partial charge on any atom is 0.311 e. The summed E-state index contributed by atoms with van der Waals surface area (Å²) in [6, 6.07) is 5.18. The molecule has 0 saturated heterocycles. The van der Waals surface area contributed by atoms with Crippen molar-refractivity contribution in [3.05, 3.63) is 52.1 Å². The fourth-order valence-electron chi connectivity index (χ4n) is 1.42. The van der Waals surface area contributed by atoms with Gasteiger partial charge in [-0.05, 0) is 18.2 Å². The Labute approximate surface area is 106 Å². The van der Waals surface area contributed by atoms with Gasteiger partial charge in [-0.3, -0.25) is 10.1 Å². The van der Waals surface area contributed by atoms with Gasteiger partial charge < -0.3 is 11.1 Å². The molecule has 1 aromatic carbocycles. The molecule has 8 heteroatoms. The van der Waals surface area contributed by atoms with Crippen LogP contribution < -0.4 is 11.1 Å². The average Bonchev–Trinajstić information content (AvgIpc) is 2.32. The lowest BCUT2D eigenvalue weighted by Crippen LogP contribution is -2.03. The molecule has 1 heterocycles. The van der Waals surface area contributed by atoms with E-state index in [4.69, 9.17) is 5.73 Å². The van der Waals surface area contributed by atoms with Gasteiger partial charge in [0, 0.05) is 12.1 Å². The number of rotatable bonds is 3. The van der Waals surface area contributed by atoms with Crippen molar-refractivity contribution in [3.63, 3.8) is 0 Å². The molecule has 0 aliphatic heterocycles. The van der Waals surface area contributed by atoms with Gasteiger partial charge in [0.2, 0.25) is 5.82 Å². The van der Waals surface area contributed by atoms with Crippen molar-refractivity contribution in [1.82, 2.24) is 4.98 Å². The average molecular weight is 266 g/mol. The monoisotopic (exact) mass is 266 g/mol. The predicted octanol–water partition coefficient (Wildman–Crippen LogP) is 2.59. The number of nitro groups is 1. The molecule has 0 aliphatic carbocycles. The zero-order chi connectivity index (χ0) is 14.0. The number of anilines is 3. The van der Waals surface area contributed by atoms with E-state index in [9.17, 15) is 18.9 Å². The minimum Gasteiger partial charge on any atom is -0.384 e. The van der Waals surface area contributed by atoms with Gasteiger partial charge in [0.15, 0.2) is 0 Å². The molecule has 0 saturated carbocycles. The number of nitrogen functional groups attached to an aromatic ring is 1. The van der Waals surface area contributed by atoms with Crippen molar-refractivity contribution in [1.29, 1.82) is 0 Å². The Morgan fingerprint density at radius 3 is 2.63 bits per heavy atom. The van der Waals surface area contributed by atoms with Crippen molar-refractivity contribution in [2.45, 2.75) is 0 Å². The van der Waals surface area contributed by atoms with E-state index in [0.29, 0.717) is 6.07 Å². The Morgan fingerprint density at radius 2 is 2.00 bits per heavy atom. The van der Waals surface area contributed by atoms with E-state index >= 15 is 0 Å². The quantitative estimate of drug-likeness (QED) is 0.657. The van der Waals surface area contributed by atoms with Crippen LogP contribution in [-0.2, 0) is 0 Å². The Hall–Kier alpha value is -2.77. The van der Waals surface area contributed by atoms with Crippen LogP contribution in [0.5, 0.6) is 0 Å². The Balaban J connectivity index is 2.42. The van der Waals surface area contributed by atoms with Gasteiger partial charge in [-0.2, -0.15) is 0 Å². The van der Waals surface area contributed by atoms with E-state index in [0.717, 1.165) is 18.2 Å². The second-order valence-electron chi connectivity index (χ2n) is 3.61. The summed E-state index contributed by atoms with van der Waals surface area (Å²) < 4.78 is 26.2. The molecule has 0 spiro atoms. The van der Waals surface area contributed by atoms with Gasteiger partial charge in [-0.15, -0.1) is 0 Å². The van der Waals surface area contributed by atoms with Gasteiger partial charge in [0.1, 0.15) is 17.5 Å². The normalized spacial score (nSPS) is 10.2. The molecule has 2 aromatic rings. The lowest BCUT2D eigenvalue weighted by Gasteiger charge is -2.07. The number of aromatic nitrogens is 1. The lowest BCUT2D eigenvalue weighted by atomic mass is 10.3. The number of hydrogen-bond acceptors (Lipinski definition) is 5. The first kappa shape index (κ1) is 12.7. The first-order valence-corrected chi connectivity index (χ1v) is 5.10. The highest BCUT2D eigenvalue weighted by Gasteiger charge is 2.17. The molecule has 0 atom stereocenters. The highest BCUT2D eigenvalue weighted by molar-refractivity contribution is 5.67. The smallest absolute Gasteiger partial charge is 0.311 e. The number of hydrogen-bond donors (Lipinski definition) is 2.